The fourth-order valence-corrected chi connectivity index (χ4v) is 1.89. The third kappa shape index (κ3) is 1.61. The number of thiazole rings is 1. The highest BCUT2D eigenvalue weighted by atomic mass is 32.1. The van der Waals surface area contributed by atoms with Gasteiger partial charge in [0.15, 0.2) is 0 Å². The van der Waals surface area contributed by atoms with Crippen LogP contribution in [0.2, 0.25) is 0 Å². The number of ether oxygens (including phenoxy) is 1. The van der Waals surface area contributed by atoms with Crippen LogP contribution in [0, 0.1) is 5.13 Å². The van der Waals surface area contributed by atoms with Crippen molar-refractivity contribution in [3.05, 3.63) is 35.5 Å². The number of hydrogen-bond acceptors (Lipinski definition) is 3. The van der Waals surface area contributed by atoms with Crippen molar-refractivity contribution in [2.75, 3.05) is 7.11 Å². The Kier molecular flexibility index (Phi) is 2.45. The molecule has 0 aliphatic heterocycles. The Morgan fingerprint density at radius 3 is 2.57 bits per heavy atom. The van der Waals surface area contributed by atoms with E-state index in [1.165, 1.54) is 7.11 Å². The normalized spacial score (nSPS) is 10.1. The molecule has 0 bridgehead atoms. The van der Waals surface area contributed by atoms with Crippen LogP contribution in [0.3, 0.4) is 0 Å². The zero-order valence-electron chi connectivity index (χ0n) is 7.53. The van der Waals surface area contributed by atoms with Crippen LogP contribution in [0.15, 0.2) is 30.3 Å². The summed E-state index contributed by atoms with van der Waals surface area (Å²) >= 11 is 0.989. The highest BCUT2D eigenvalue weighted by molar-refractivity contribution is 7.13. The number of hydrogen-bond donors (Lipinski definition) is 0. The van der Waals surface area contributed by atoms with Gasteiger partial charge in [-0.3, -0.25) is 0 Å². The largest absolute Gasteiger partial charge is 0.478 e. The Hall–Kier alpha value is -1.42. The van der Waals surface area contributed by atoms with Gasteiger partial charge in [0.05, 0.1) is 7.11 Å². The molecule has 2 nitrogen and oxygen atoms in total. The maximum absolute atomic E-state index is 13.1. The molecule has 0 aliphatic carbocycles. The monoisotopic (exact) mass is 209 g/mol. The van der Waals surface area contributed by atoms with Gasteiger partial charge in [-0.05, 0) is 0 Å². The molecular weight excluding hydrogens is 201 g/mol. The molecule has 0 saturated heterocycles. The minimum Gasteiger partial charge on any atom is -0.478 e. The van der Waals surface area contributed by atoms with Crippen molar-refractivity contribution >= 4 is 11.3 Å². The number of nitrogens with zero attached hydrogens (tertiary/aromatic N) is 1. The van der Waals surface area contributed by atoms with Crippen molar-refractivity contribution in [3.8, 4) is 16.5 Å². The number of aromatic nitrogens is 1. The smallest absolute Gasteiger partial charge is 0.262 e. The predicted octanol–water partition coefficient (Wildman–Crippen LogP) is 2.96. The summed E-state index contributed by atoms with van der Waals surface area (Å²) in [4.78, 5) is 4.02. The zero-order chi connectivity index (χ0) is 9.97. The van der Waals surface area contributed by atoms with Crippen molar-refractivity contribution in [3.63, 3.8) is 0 Å². The fourth-order valence-electron chi connectivity index (χ4n) is 1.12. The molecule has 2 aromatic rings. The molecule has 0 fully saturated rings. The summed E-state index contributed by atoms with van der Waals surface area (Å²) in [5.74, 6) is 0.0638. The molecule has 14 heavy (non-hydrogen) atoms. The van der Waals surface area contributed by atoms with E-state index in [9.17, 15) is 4.39 Å². The van der Waals surface area contributed by atoms with E-state index in [1.54, 1.807) is 0 Å². The second kappa shape index (κ2) is 3.75. The third-order valence-corrected chi connectivity index (χ3v) is 2.65. The molecule has 0 N–H and O–H groups in total. The summed E-state index contributed by atoms with van der Waals surface area (Å²) < 4.78 is 17.9. The first-order chi connectivity index (χ1) is 6.81. The maximum Gasteiger partial charge on any atom is 0.262 e. The van der Waals surface area contributed by atoms with Gasteiger partial charge in [0.25, 0.3) is 5.88 Å². The van der Waals surface area contributed by atoms with Crippen LogP contribution < -0.4 is 4.74 Å². The van der Waals surface area contributed by atoms with E-state index in [2.05, 4.69) is 4.98 Å². The average Bonchev–Trinajstić information content (AvgIpc) is 2.61. The lowest BCUT2D eigenvalue weighted by atomic mass is 10.2. The van der Waals surface area contributed by atoms with E-state index in [1.807, 2.05) is 30.3 Å². The van der Waals surface area contributed by atoms with E-state index in [0.717, 1.165) is 16.9 Å². The van der Waals surface area contributed by atoms with Gasteiger partial charge in [-0.1, -0.05) is 41.7 Å². The Balaban J connectivity index is 2.43. The fraction of sp³-hybridized carbons (Fsp3) is 0.100. The second-order valence-corrected chi connectivity index (χ2v) is 3.62. The van der Waals surface area contributed by atoms with Gasteiger partial charge in [0, 0.05) is 5.56 Å². The van der Waals surface area contributed by atoms with Crippen LogP contribution in [0.5, 0.6) is 5.88 Å². The molecule has 0 unspecified atom stereocenters. The van der Waals surface area contributed by atoms with Crippen LogP contribution in [0.1, 0.15) is 0 Å². The Labute approximate surface area is 85.0 Å². The number of methoxy groups -OCH3 is 1. The minimum absolute atomic E-state index is 0.0638. The van der Waals surface area contributed by atoms with Gasteiger partial charge >= 0.3 is 0 Å². The van der Waals surface area contributed by atoms with E-state index >= 15 is 0 Å². The summed E-state index contributed by atoms with van der Waals surface area (Å²) in [6.45, 7) is 0. The summed E-state index contributed by atoms with van der Waals surface area (Å²) in [6.07, 6.45) is 0. The number of halogens is 1. The first-order valence-electron chi connectivity index (χ1n) is 4.07. The van der Waals surface area contributed by atoms with E-state index < -0.39 is 0 Å². The topological polar surface area (TPSA) is 22.1 Å². The zero-order valence-corrected chi connectivity index (χ0v) is 8.34. The molecule has 0 radical (unpaired) electrons. The lowest BCUT2D eigenvalue weighted by Gasteiger charge is -1.93. The van der Waals surface area contributed by atoms with Crippen LogP contribution in [-0.2, 0) is 0 Å². The van der Waals surface area contributed by atoms with Crippen LogP contribution >= 0.6 is 11.3 Å². The van der Waals surface area contributed by atoms with Gasteiger partial charge in [0.1, 0.15) is 5.01 Å². The highest BCUT2D eigenvalue weighted by Crippen LogP contribution is 2.30. The van der Waals surface area contributed by atoms with Gasteiger partial charge < -0.3 is 4.74 Å². The molecule has 2 rings (SSSR count). The Morgan fingerprint density at radius 1 is 1.29 bits per heavy atom. The Bertz CT molecular complexity index is 427. The summed E-state index contributed by atoms with van der Waals surface area (Å²) in [5.41, 5.74) is 0.903. The number of benzene rings is 1. The molecular formula is C10H8FNOS. The van der Waals surface area contributed by atoms with Crippen LogP contribution in [0.25, 0.3) is 10.6 Å². The molecule has 72 valence electrons. The molecule has 1 aromatic carbocycles. The molecule has 1 aromatic heterocycles. The Morgan fingerprint density at radius 2 is 2.00 bits per heavy atom. The van der Waals surface area contributed by atoms with E-state index in [0.29, 0.717) is 5.01 Å². The SMILES string of the molecule is COc1nc(-c2ccccc2)sc1F. The van der Waals surface area contributed by atoms with Crippen molar-refractivity contribution in [2.24, 2.45) is 0 Å². The first-order valence-corrected chi connectivity index (χ1v) is 4.88. The van der Waals surface area contributed by atoms with Crippen LogP contribution in [0.4, 0.5) is 4.39 Å². The molecule has 0 amide bonds. The van der Waals surface area contributed by atoms with Crippen molar-refractivity contribution < 1.29 is 9.13 Å². The van der Waals surface area contributed by atoms with Crippen molar-refractivity contribution in [1.29, 1.82) is 0 Å². The van der Waals surface area contributed by atoms with E-state index in [-0.39, 0.29) is 11.0 Å². The summed E-state index contributed by atoms with van der Waals surface area (Å²) in [6, 6.07) is 9.46. The van der Waals surface area contributed by atoms with Gasteiger partial charge in [0.2, 0.25) is 5.13 Å². The first kappa shape index (κ1) is 9.15. The number of rotatable bonds is 2. The molecule has 0 saturated carbocycles. The standard InChI is InChI=1S/C10H8FNOS/c1-13-9-8(11)14-10(12-9)7-5-3-2-4-6-7/h2-6H,1H3. The van der Waals surface area contributed by atoms with E-state index in [4.69, 9.17) is 4.74 Å². The van der Waals surface area contributed by atoms with Gasteiger partial charge in [-0.2, -0.15) is 9.37 Å². The lowest BCUT2D eigenvalue weighted by molar-refractivity contribution is 0.377. The predicted molar refractivity (Wildman–Crippen MR) is 54.1 cm³/mol. The average molecular weight is 209 g/mol. The van der Waals surface area contributed by atoms with Gasteiger partial charge in [-0.25, -0.2) is 0 Å². The summed E-state index contributed by atoms with van der Waals surface area (Å²) in [7, 11) is 1.41. The van der Waals surface area contributed by atoms with Crippen molar-refractivity contribution in [2.45, 2.75) is 0 Å². The molecule has 0 aliphatic rings. The highest BCUT2D eigenvalue weighted by Gasteiger charge is 2.11. The maximum atomic E-state index is 13.1. The van der Waals surface area contributed by atoms with Gasteiger partial charge in [-0.15, -0.1) is 0 Å². The second-order valence-electron chi connectivity index (χ2n) is 2.67. The molecule has 1 heterocycles. The minimum atomic E-state index is -0.383. The quantitative estimate of drug-likeness (QED) is 0.758. The van der Waals surface area contributed by atoms with Crippen LogP contribution in [-0.4, -0.2) is 12.1 Å². The molecule has 4 heteroatoms. The molecule has 0 spiro atoms. The third-order valence-electron chi connectivity index (χ3n) is 1.77. The summed E-state index contributed by atoms with van der Waals surface area (Å²) in [5, 5.41) is 0.256. The van der Waals surface area contributed by atoms with Crippen molar-refractivity contribution in [1.82, 2.24) is 4.98 Å². The lowest BCUT2D eigenvalue weighted by Crippen LogP contribution is -1.84. The molecule has 0 atom stereocenters.